The molecule has 0 unspecified atom stereocenters. The molecule has 5 heteroatoms. The summed E-state index contributed by atoms with van der Waals surface area (Å²) in [5.74, 6) is 0.837. The minimum absolute atomic E-state index is 0.0512. The van der Waals surface area contributed by atoms with Crippen LogP contribution in [0.25, 0.3) is 0 Å². The first-order valence-electron chi connectivity index (χ1n) is 7.66. The van der Waals surface area contributed by atoms with Crippen molar-refractivity contribution >= 4 is 22.7 Å². The lowest BCUT2D eigenvalue weighted by molar-refractivity contribution is -0.109. The van der Waals surface area contributed by atoms with E-state index in [1.54, 1.807) is 24.3 Å². The fourth-order valence-corrected chi connectivity index (χ4v) is 2.61. The van der Waals surface area contributed by atoms with Crippen LogP contribution in [0.2, 0.25) is 0 Å². The number of hydrogen-bond acceptors (Lipinski definition) is 5. The van der Waals surface area contributed by atoms with Crippen molar-refractivity contribution in [3.05, 3.63) is 65.7 Å². The zero-order valence-corrected chi connectivity index (χ0v) is 14.7. The number of Topliss-reactive ketones (excluding diaryl/α,β-unsaturated/α-hetero) is 1. The lowest BCUT2D eigenvalue weighted by Crippen LogP contribution is -2.23. The highest BCUT2D eigenvalue weighted by atomic mass is 32.2. The van der Waals surface area contributed by atoms with Crippen LogP contribution >= 0.6 is 11.8 Å². The maximum atomic E-state index is 11.9. The van der Waals surface area contributed by atoms with Gasteiger partial charge in [0.25, 0.3) is 0 Å². The second-order valence-corrected chi connectivity index (χ2v) is 6.65. The second-order valence-electron chi connectivity index (χ2n) is 5.50. The predicted molar refractivity (Wildman–Crippen MR) is 97.3 cm³/mol. The van der Waals surface area contributed by atoms with E-state index in [0.29, 0.717) is 18.0 Å². The van der Waals surface area contributed by atoms with Gasteiger partial charge in [0, 0.05) is 19.0 Å². The Morgan fingerprint density at radius 2 is 1.71 bits per heavy atom. The summed E-state index contributed by atoms with van der Waals surface area (Å²) in [6.45, 7) is 2.73. The molecule has 0 fully saturated rings. The Morgan fingerprint density at radius 1 is 1.04 bits per heavy atom. The number of ketones is 1. The summed E-state index contributed by atoms with van der Waals surface area (Å²) in [6.07, 6.45) is 0. The molecule has 24 heavy (non-hydrogen) atoms. The van der Waals surface area contributed by atoms with Gasteiger partial charge in [0.2, 0.25) is 0 Å². The minimum Gasteiger partial charge on any atom is -0.478 e. The highest BCUT2D eigenvalue weighted by molar-refractivity contribution is 8.14. The SMILES string of the molecule is CC(=O)SCC(=O)c1ccc(OCN(C)Cc2ccccc2)cc1. The zero-order valence-electron chi connectivity index (χ0n) is 13.9. The van der Waals surface area contributed by atoms with E-state index < -0.39 is 0 Å². The van der Waals surface area contributed by atoms with E-state index in [-0.39, 0.29) is 16.7 Å². The summed E-state index contributed by atoms with van der Waals surface area (Å²) in [4.78, 5) is 24.9. The number of carbonyl (C=O) groups is 2. The Balaban J connectivity index is 1.81. The van der Waals surface area contributed by atoms with Crippen LogP contribution in [-0.4, -0.2) is 35.3 Å². The molecule has 0 bridgehead atoms. The van der Waals surface area contributed by atoms with Gasteiger partial charge in [0.15, 0.2) is 10.9 Å². The van der Waals surface area contributed by atoms with Crippen molar-refractivity contribution in [1.29, 1.82) is 0 Å². The van der Waals surface area contributed by atoms with Gasteiger partial charge in [-0.05, 0) is 36.9 Å². The third-order valence-electron chi connectivity index (χ3n) is 3.33. The summed E-state index contributed by atoms with van der Waals surface area (Å²) in [6, 6.07) is 17.2. The standard InChI is InChI=1S/C19H21NO3S/c1-15(21)24-13-19(22)17-8-10-18(11-9-17)23-14-20(2)12-16-6-4-3-5-7-16/h3-11H,12-14H2,1-2H3. The van der Waals surface area contributed by atoms with Gasteiger partial charge in [-0.1, -0.05) is 42.1 Å². The second kappa shape index (κ2) is 9.25. The van der Waals surface area contributed by atoms with Gasteiger partial charge in [-0.15, -0.1) is 0 Å². The van der Waals surface area contributed by atoms with E-state index in [4.69, 9.17) is 4.74 Å². The molecule has 0 heterocycles. The average molecular weight is 343 g/mol. The first-order chi connectivity index (χ1) is 11.5. The Morgan fingerprint density at radius 3 is 2.33 bits per heavy atom. The van der Waals surface area contributed by atoms with Crippen LogP contribution in [0, 0.1) is 0 Å². The summed E-state index contributed by atoms with van der Waals surface area (Å²) in [5.41, 5.74) is 1.82. The van der Waals surface area contributed by atoms with E-state index >= 15 is 0 Å². The lowest BCUT2D eigenvalue weighted by atomic mass is 10.1. The van der Waals surface area contributed by atoms with E-state index in [2.05, 4.69) is 17.0 Å². The predicted octanol–water partition coefficient (Wildman–Crippen LogP) is 3.62. The Kier molecular flexibility index (Phi) is 7.03. The molecular weight excluding hydrogens is 322 g/mol. The summed E-state index contributed by atoms with van der Waals surface area (Å²) >= 11 is 1.03. The fourth-order valence-electron chi connectivity index (χ4n) is 2.11. The van der Waals surface area contributed by atoms with Crippen LogP contribution in [0.4, 0.5) is 0 Å². The van der Waals surface area contributed by atoms with Crippen molar-refractivity contribution < 1.29 is 14.3 Å². The molecule has 0 aliphatic carbocycles. The molecule has 2 aromatic rings. The molecule has 2 rings (SSSR count). The molecule has 0 aliphatic heterocycles. The number of carbonyl (C=O) groups excluding carboxylic acids is 2. The van der Waals surface area contributed by atoms with Crippen molar-refractivity contribution in [2.75, 3.05) is 19.5 Å². The summed E-state index contributed by atoms with van der Waals surface area (Å²) in [7, 11) is 1.99. The number of thioether (sulfide) groups is 1. The van der Waals surface area contributed by atoms with Crippen molar-refractivity contribution in [1.82, 2.24) is 4.90 Å². The summed E-state index contributed by atoms with van der Waals surface area (Å²) in [5, 5.41) is -0.0512. The van der Waals surface area contributed by atoms with Gasteiger partial charge < -0.3 is 4.74 Å². The number of ether oxygens (including phenoxy) is 1. The topological polar surface area (TPSA) is 46.6 Å². The number of rotatable bonds is 8. The monoisotopic (exact) mass is 343 g/mol. The fraction of sp³-hybridized carbons (Fsp3) is 0.263. The van der Waals surface area contributed by atoms with Gasteiger partial charge in [0.1, 0.15) is 12.5 Å². The van der Waals surface area contributed by atoms with Crippen LogP contribution in [0.15, 0.2) is 54.6 Å². The van der Waals surface area contributed by atoms with Gasteiger partial charge in [-0.25, -0.2) is 0 Å². The van der Waals surface area contributed by atoms with E-state index in [0.717, 1.165) is 18.3 Å². The molecule has 0 aromatic heterocycles. The van der Waals surface area contributed by atoms with Crippen LogP contribution in [0.5, 0.6) is 5.75 Å². The van der Waals surface area contributed by atoms with Gasteiger partial charge >= 0.3 is 0 Å². The molecule has 2 aromatic carbocycles. The molecule has 0 spiro atoms. The maximum absolute atomic E-state index is 11.9. The molecule has 0 saturated heterocycles. The van der Waals surface area contributed by atoms with Crippen molar-refractivity contribution in [3.8, 4) is 5.75 Å². The molecule has 0 aliphatic rings. The molecule has 126 valence electrons. The van der Waals surface area contributed by atoms with Gasteiger partial charge in [-0.2, -0.15) is 0 Å². The number of nitrogens with zero attached hydrogens (tertiary/aromatic N) is 1. The van der Waals surface area contributed by atoms with E-state index in [1.165, 1.54) is 12.5 Å². The molecule has 0 atom stereocenters. The average Bonchev–Trinajstić information content (AvgIpc) is 2.59. The maximum Gasteiger partial charge on any atom is 0.186 e. The molecule has 4 nitrogen and oxygen atoms in total. The third-order valence-corrected chi connectivity index (χ3v) is 4.14. The molecule has 0 N–H and O–H groups in total. The normalized spacial score (nSPS) is 10.6. The molecule has 0 saturated carbocycles. The van der Waals surface area contributed by atoms with Crippen LogP contribution in [0.3, 0.4) is 0 Å². The molecule has 0 radical (unpaired) electrons. The van der Waals surface area contributed by atoms with Crippen molar-refractivity contribution in [2.45, 2.75) is 13.5 Å². The largest absolute Gasteiger partial charge is 0.478 e. The van der Waals surface area contributed by atoms with E-state index in [9.17, 15) is 9.59 Å². The van der Waals surface area contributed by atoms with Crippen molar-refractivity contribution in [2.24, 2.45) is 0 Å². The minimum atomic E-state index is -0.0528. The van der Waals surface area contributed by atoms with E-state index in [1.807, 2.05) is 25.2 Å². The zero-order chi connectivity index (χ0) is 17.4. The highest BCUT2D eigenvalue weighted by Gasteiger charge is 2.08. The Labute approximate surface area is 146 Å². The molecular formula is C19H21NO3S. The first kappa shape index (κ1) is 18.2. The summed E-state index contributed by atoms with van der Waals surface area (Å²) < 4.78 is 5.73. The van der Waals surface area contributed by atoms with Crippen molar-refractivity contribution in [3.63, 3.8) is 0 Å². The van der Waals surface area contributed by atoms with Gasteiger partial charge in [0.05, 0.1) is 5.75 Å². The van der Waals surface area contributed by atoms with Crippen LogP contribution in [-0.2, 0) is 11.3 Å². The van der Waals surface area contributed by atoms with Gasteiger partial charge in [-0.3, -0.25) is 14.5 Å². The molecule has 0 amide bonds. The smallest absolute Gasteiger partial charge is 0.186 e. The Hall–Kier alpha value is -2.11. The quantitative estimate of drug-likeness (QED) is 0.541. The lowest BCUT2D eigenvalue weighted by Gasteiger charge is -2.17. The number of benzene rings is 2. The van der Waals surface area contributed by atoms with Crippen LogP contribution < -0.4 is 4.74 Å². The van der Waals surface area contributed by atoms with Crippen LogP contribution in [0.1, 0.15) is 22.8 Å². The first-order valence-corrected chi connectivity index (χ1v) is 8.65. The third kappa shape index (κ3) is 6.18. The highest BCUT2D eigenvalue weighted by Crippen LogP contribution is 2.15. The Bertz CT molecular complexity index is 671. The number of hydrogen-bond donors (Lipinski definition) is 0.